The molecule has 0 saturated carbocycles. The van der Waals surface area contributed by atoms with E-state index in [1.54, 1.807) is 25.4 Å². The van der Waals surface area contributed by atoms with Crippen molar-refractivity contribution in [2.24, 2.45) is 0 Å². The molecule has 3 heterocycles. The fraction of sp³-hybridized carbons (Fsp3) is 0.263. The quantitative estimate of drug-likeness (QED) is 0.581. The number of nitrogens with zero attached hydrogens (tertiary/aromatic N) is 3. The van der Waals surface area contributed by atoms with Crippen molar-refractivity contribution in [3.63, 3.8) is 0 Å². The van der Waals surface area contributed by atoms with Crippen LogP contribution < -0.4 is 0 Å². The molecule has 2 aromatic heterocycles. The lowest BCUT2D eigenvalue weighted by molar-refractivity contribution is -0.145. The van der Waals surface area contributed by atoms with Crippen LogP contribution in [-0.4, -0.2) is 44.7 Å². The summed E-state index contributed by atoms with van der Waals surface area (Å²) in [6.45, 7) is 5.40. The van der Waals surface area contributed by atoms with Crippen molar-refractivity contribution in [2.75, 3.05) is 13.2 Å². The first-order valence-corrected chi connectivity index (χ1v) is 9.24. The smallest absolute Gasteiger partial charge is 0.326 e. The number of pyridine rings is 1. The summed E-state index contributed by atoms with van der Waals surface area (Å²) in [6.07, 6.45) is 5.15. The van der Waals surface area contributed by atoms with Gasteiger partial charge in [0.1, 0.15) is 6.54 Å². The molecule has 0 aliphatic carbocycles. The summed E-state index contributed by atoms with van der Waals surface area (Å²) < 4.78 is 6.85. The molecule has 27 heavy (non-hydrogen) atoms. The summed E-state index contributed by atoms with van der Waals surface area (Å²) >= 11 is 0.825. The summed E-state index contributed by atoms with van der Waals surface area (Å²) in [7, 11) is 0. The molecule has 3 rings (SSSR count). The molecule has 7 nitrogen and oxygen atoms in total. The van der Waals surface area contributed by atoms with Crippen LogP contribution in [0.15, 0.2) is 35.5 Å². The maximum atomic E-state index is 12.5. The summed E-state index contributed by atoms with van der Waals surface area (Å²) in [5.74, 6) is -1.08. The van der Waals surface area contributed by atoms with E-state index >= 15 is 0 Å². The molecule has 1 aliphatic rings. The highest BCUT2D eigenvalue weighted by atomic mass is 32.2. The molecule has 1 fully saturated rings. The Balaban J connectivity index is 1.89. The number of aromatic nitrogens is 2. The fourth-order valence-electron chi connectivity index (χ4n) is 2.93. The van der Waals surface area contributed by atoms with Crippen molar-refractivity contribution in [1.82, 2.24) is 14.5 Å². The number of hydrogen-bond acceptors (Lipinski definition) is 6. The third-order valence-electron chi connectivity index (χ3n) is 4.13. The first kappa shape index (κ1) is 18.9. The second-order valence-corrected chi connectivity index (χ2v) is 6.94. The van der Waals surface area contributed by atoms with Gasteiger partial charge in [-0.1, -0.05) is 0 Å². The lowest BCUT2D eigenvalue weighted by atomic mass is 10.2. The number of ether oxygens (including phenoxy) is 1. The molecular weight excluding hydrogens is 366 g/mol. The van der Waals surface area contributed by atoms with Gasteiger partial charge in [0.05, 0.1) is 23.4 Å². The molecule has 140 valence electrons. The normalized spacial score (nSPS) is 15.7. The Morgan fingerprint density at radius 1 is 1.33 bits per heavy atom. The number of rotatable bonds is 5. The number of imide groups is 1. The monoisotopic (exact) mass is 385 g/mol. The molecule has 0 atom stereocenters. The van der Waals surface area contributed by atoms with Crippen molar-refractivity contribution >= 4 is 35.0 Å². The predicted molar refractivity (Wildman–Crippen MR) is 102 cm³/mol. The molecule has 2 amide bonds. The van der Waals surface area contributed by atoms with Crippen LogP contribution in [0.4, 0.5) is 4.79 Å². The summed E-state index contributed by atoms with van der Waals surface area (Å²) in [5.41, 5.74) is 3.66. The van der Waals surface area contributed by atoms with E-state index in [-0.39, 0.29) is 18.1 Å². The number of carbonyl (C=O) groups is 3. The Labute approximate surface area is 161 Å². The summed E-state index contributed by atoms with van der Waals surface area (Å²) in [6, 6.07) is 5.75. The molecule has 0 spiro atoms. The Morgan fingerprint density at radius 3 is 2.78 bits per heavy atom. The molecular formula is C19H19N3O4S. The van der Waals surface area contributed by atoms with Crippen molar-refractivity contribution in [1.29, 1.82) is 0 Å². The average Bonchev–Trinajstić information content (AvgIpc) is 3.06. The van der Waals surface area contributed by atoms with E-state index in [1.165, 1.54) is 0 Å². The maximum absolute atomic E-state index is 12.5. The molecule has 0 bridgehead atoms. The Morgan fingerprint density at radius 2 is 2.11 bits per heavy atom. The Kier molecular flexibility index (Phi) is 5.46. The van der Waals surface area contributed by atoms with Crippen molar-refractivity contribution in [3.05, 3.63) is 52.4 Å². The predicted octanol–water partition coefficient (Wildman–Crippen LogP) is 3.09. The maximum Gasteiger partial charge on any atom is 0.326 e. The molecule has 0 unspecified atom stereocenters. The number of amides is 2. The van der Waals surface area contributed by atoms with E-state index in [0.29, 0.717) is 0 Å². The summed E-state index contributed by atoms with van der Waals surface area (Å²) in [4.78, 5) is 41.6. The van der Waals surface area contributed by atoms with Gasteiger partial charge in [-0.2, -0.15) is 0 Å². The van der Waals surface area contributed by atoms with E-state index in [1.807, 2.05) is 36.6 Å². The zero-order valence-electron chi connectivity index (χ0n) is 15.3. The van der Waals surface area contributed by atoms with E-state index in [0.717, 1.165) is 39.3 Å². The van der Waals surface area contributed by atoms with Crippen LogP contribution >= 0.6 is 11.8 Å². The van der Waals surface area contributed by atoms with Gasteiger partial charge in [-0.3, -0.25) is 24.3 Å². The van der Waals surface area contributed by atoms with Crippen LogP contribution in [0, 0.1) is 13.8 Å². The van der Waals surface area contributed by atoms with Crippen LogP contribution in [0.5, 0.6) is 0 Å². The van der Waals surface area contributed by atoms with E-state index in [9.17, 15) is 14.4 Å². The van der Waals surface area contributed by atoms with E-state index in [4.69, 9.17) is 4.74 Å². The minimum absolute atomic E-state index is 0.200. The average molecular weight is 385 g/mol. The topological polar surface area (TPSA) is 81.5 Å². The standard InChI is InChI=1S/C19H19N3O4S/c1-4-26-17(23)11-21-18(24)16(27-19(21)25)9-14-8-12(2)22(13(14)3)15-6-5-7-20-10-15/h5-10H,4,11H2,1-3H3/b16-9-. The number of carbonyl (C=O) groups excluding carboxylic acids is 3. The van der Waals surface area contributed by atoms with Crippen LogP contribution in [0.2, 0.25) is 0 Å². The number of thioether (sulfide) groups is 1. The largest absolute Gasteiger partial charge is 0.465 e. The Hall–Kier alpha value is -2.87. The molecule has 1 saturated heterocycles. The van der Waals surface area contributed by atoms with E-state index in [2.05, 4.69) is 4.98 Å². The van der Waals surface area contributed by atoms with Gasteiger partial charge in [0.25, 0.3) is 11.1 Å². The van der Waals surface area contributed by atoms with Gasteiger partial charge in [0, 0.05) is 17.6 Å². The first-order valence-electron chi connectivity index (χ1n) is 8.42. The van der Waals surface area contributed by atoms with E-state index < -0.39 is 17.1 Å². The second kappa shape index (κ2) is 7.79. The summed E-state index contributed by atoms with van der Waals surface area (Å²) in [5, 5.41) is -0.472. The van der Waals surface area contributed by atoms with Gasteiger partial charge in [-0.15, -0.1) is 0 Å². The third kappa shape index (κ3) is 3.80. The third-order valence-corrected chi connectivity index (χ3v) is 5.03. The minimum Gasteiger partial charge on any atom is -0.465 e. The fourth-order valence-corrected chi connectivity index (χ4v) is 3.76. The lowest BCUT2D eigenvalue weighted by Gasteiger charge is -2.10. The van der Waals surface area contributed by atoms with Crippen molar-refractivity contribution < 1.29 is 19.1 Å². The highest BCUT2D eigenvalue weighted by Gasteiger charge is 2.36. The van der Waals surface area contributed by atoms with Crippen LogP contribution in [0.3, 0.4) is 0 Å². The Bertz CT molecular complexity index is 934. The second-order valence-electron chi connectivity index (χ2n) is 5.95. The molecule has 1 aliphatic heterocycles. The highest BCUT2D eigenvalue weighted by Crippen LogP contribution is 2.33. The van der Waals surface area contributed by atoms with Gasteiger partial charge in [0.15, 0.2) is 0 Å². The van der Waals surface area contributed by atoms with Gasteiger partial charge < -0.3 is 9.30 Å². The van der Waals surface area contributed by atoms with Crippen LogP contribution in [0.25, 0.3) is 11.8 Å². The zero-order chi connectivity index (χ0) is 19.6. The lowest BCUT2D eigenvalue weighted by Crippen LogP contribution is -2.34. The van der Waals surface area contributed by atoms with Crippen molar-refractivity contribution in [2.45, 2.75) is 20.8 Å². The first-order chi connectivity index (χ1) is 12.9. The minimum atomic E-state index is -0.601. The van der Waals surface area contributed by atoms with Gasteiger partial charge in [-0.25, -0.2) is 0 Å². The number of esters is 1. The highest BCUT2D eigenvalue weighted by molar-refractivity contribution is 8.18. The van der Waals surface area contributed by atoms with Crippen molar-refractivity contribution in [3.8, 4) is 5.69 Å². The number of aryl methyl sites for hydroxylation is 1. The number of hydrogen-bond donors (Lipinski definition) is 0. The molecule has 0 aromatic carbocycles. The van der Waals surface area contributed by atoms with Gasteiger partial charge in [0.2, 0.25) is 0 Å². The molecule has 0 radical (unpaired) electrons. The SMILES string of the molecule is CCOC(=O)CN1C(=O)S/C(=C\c2cc(C)n(-c3cccnc3)c2C)C1=O. The molecule has 8 heteroatoms. The zero-order valence-corrected chi connectivity index (χ0v) is 16.1. The molecule has 2 aromatic rings. The van der Waals surface area contributed by atoms with Crippen LogP contribution in [-0.2, 0) is 14.3 Å². The van der Waals surface area contributed by atoms with Crippen LogP contribution in [0.1, 0.15) is 23.9 Å². The van der Waals surface area contributed by atoms with Gasteiger partial charge >= 0.3 is 5.97 Å². The molecule has 0 N–H and O–H groups in total. The van der Waals surface area contributed by atoms with Gasteiger partial charge in [-0.05, 0) is 62.4 Å².